The number of benzene rings is 2. The predicted octanol–water partition coefficient (Wildman–Crippen LogP) is 1.45. The normalized spacial score (nSPS) is 17.4. The minimum Gasteiger partial charge on any atom is -0.497 e. The molecule has 2 amide bonds. The number of hydroxylamine groups is 1. The number of hydrogen-bond donors (Lipinski definition) is 2. The first kappa shape index (κ1) is 21.8. The predicted molar refractivity (Wildman–Crippen MR) is 107 cm³/mol. The van der Waals surface area contributed by atoms with Gasteiger partial charge in [-0.15, -0.1) is 0 Å². The van der Waals surface area contributed by atoms with Crippen molar-refractivity contribution in [1.82, 2.24) is 14.7 Å². The molecule has 0 saturated carbocycles. The minimum absolute atomic E-state index is 0.0201. The summed E-state index contributed by atoms with van der Waals surface area (Å²) in [4.78, 5) is 26.4. The van der Waals surface area contributed by atoms with Crippen LogP contribution in [0.3, 0.4) is 0 Å². The molecule has 3 rings (SSSR count). The second-order valence-corrected chi connectivity index (χ2v) is 8.62. The molecule has 1 unspecified atom stereocenters. The molecule has 1 fully saturated rings. The van der Waals surface area contributed by atoms with E-state index in [4.69, 9.17) is 9.94 Å². The lowest BCUT2D eigenvalue weighted by atomic mass is 10.1. The van der Waals surface area contributed by atoms with Crippen molar-refractivity contribution in [3.05, 3.63) is 60.2 Å². The van der Waals surface area contributed by atoms with Crippen molar-refractivity contribution in [2.75, 3.05) is 20.2 Å². The number of nitrogens with one attached hydrogen (secondary N) is 1. The number of carbonyl (C=O) groups excluding carboxylic acids is 2. The second-order valence-electron chi connectivity index (χ2n) is 6.73. The Morgan fingerprint density at radius 2 is 1.77 bits per heavy atom. The van der Waals surface area contributed by atoms with Crippen LogP contribution in [-0.4, -0.2) is 61.0 Å². The van der Waals surface area contributed by atoms with E-state index in [1.54, 1.807) is 30.3 Å². The summed E-state index contributed by atoms with van der Waals surface area (Å²) in [6.45, 7) is 0.419. The standard InChI is InChI=1S/C20H23N3O6S/c1-29-16-8-10-17(11-9-16)30(27,28)23-13-5-12-22(19(23)14-18(24)21-26)20(25)15-6-3-2-4-7-15/h2-4,6-11,19,26H,5,12-14H2,1H3,(H,21,24). The van der Waals surface area contributed by atoms with E-state index in [1.807, 2.05) is 0 Å². The number of hydrogen-bond acceptors (Lipinski definition) is 6. The van der Waals surface area contributed by atoms with Crippen molar-refractivity contribution in [2.24, 2.45) is 0 Å². The fraction of sp³-hybridized carbons (Fsp3) is 0.300. The summed E-state index contributed by atoms with van der Waals surface area (Å²) in [5.41, 5.74) is 1.91. The minimum atomic E-state index is -4.02. The molecule has 1 heterocycles. The van der Waals surface area contributed by atoms with Crippen molar-refractivity contribution in [2.45, 2.75) is 23.9 Å². The van der Waals surface area contributed by atoms with Gasteiger partial charge in [-0.2, -0.15) is 4.31 Å². The Morgan fingerprint density at radius 3 is 2.37 bits per heavy atom. The molecule has 0 aliphatic carbocycles. The highest BCUT2D eigenvalue weighted by Gasteiger charge is 2.41. The Hall–Kier alpha value is -2.95. The van der Waals surface area contributed by atoms with E-state index in [2.05, 4.69) is 0 Å². The Morgan fingerprint density at radius 1 is 1.10 bits per heavy atom. The maximum atomic E-state index is 13.3. The second kappa shape index (κ2) is 9.24. The first-order chi connectivity index (χ1) is 14.4. The van der Waals surface area contributed by atoms with E-state index in [1.165, 1.54) is 41.8 Å². The molecule has 0 bridgehead atoms. The fourth-order valence-corrected chi connectivity index (χ4v) is 5.05. The monoisotopic (exact) mass is 433 g/mol. The summed E-state index contributed by atoms with van der Waals surface area (Å²) in [7, 11) is -2.54. The molecule has 1 saturated heterocycles. The number of nitrogens with zero attached hydrogens (tertiary/aromatic N) is 2. The number of methoxy groups -OCH3 is 1. The van der Waals surface area contributed by atoms with Crippen LogP contribution in [0.2, 0.25) is 0 Å². The zero-order valence-corrected chi connectivity index (χ0v) is 17.2. The Labute approximate surface area is 174 Å². The van der Waals surface area contributed by atoms with Crippen LogP contribution in [-0.2, 0) is 14.8 Å². The number of rotatable bonds is 6. The van der Waals surface area contributed by atoms with Crippen LogP contribution >= 0.6 is 0 Å². The van der Waals surface area contributed by atoms with Gasteiger partial charge >= 0.3 is 0 Å². The zero-order valence-electron chi connectivity index (χ0n) is 16.4. The van der Waals surface area contributed by atoms with Crippen molar-refractivity contribution >= 4 is 21.8 Å². The number of carbonyl (C=O) groups is 2. The molecule has 1 atom stereocenters. The van der Waals surface area contributed by atoms with Gasteiger partial charge < -0.3 is 9.64 Å². The lowest BCUT2D eigenvalue weighted by Gasteiger charge is -2.42. The lowest BCUT2D eigenvalue weighted by molar-refractivity contribution is -0.131. The Balaban J connectivity index is 1.98. The first-order valence-electron chi connectivity index (χ1n) is 9.33. The lowest BCUT2D eigenvalue weighted by Crippen LogP contribution is -2.58. The van der Waals surface area contributed by atoms with E-state index in [9.17, 15) is 18.0 Å². The quantitative estimate of drug-likeness (QED) is 0.526. The van der Waals surface area contributed by atoms with Gasteiger partial charge in [0, 0.05) is 18.7 Å². The molecule has 2 N–H and O–H groups in total. The van der Waals surface area contributed by atoms with E-state index in [0.717, 1.165) is 4.31 Å². The van der Waals surface area contributed by atoms with Gasteiger partial charge in [-0.1, -0.05) is 18.2 Å². The summed E-state index contributed by atoms with van der Waals surface area (Å²) in [6, 6.07) is 14.3. The van der Waals surface area contributed by atoms with Crippen LogP contribution in [0.5, 0.6) is 5.75 Å². The summed E-state index contributed by atoms with van der Waals surface area (Å²) in [5.74, 6) is -0.673. The van der Waals surface area contributed by atoms with Crippen molar-refractivity contribution in [3.63, 3.8) is 0 Å². The Bertz CT molecular complexity index is 995. The molecule has 0 aromatic heterocycles. The summed E-state index contributed by atoms with van der Waals surface area (Å²) >= 11 is 0. The number of sulfonamides is 1. The van der Waals surface area contributed by atoms with Crippen LogP contribution in [0.15, 0.2) is 59.5 Å². The zero-order chi connectivity index (χ0) is 21.7. The van der Waals surface area contributed by atoms with Gasteiger partial charge in [0.15, 0.2) is 0 Å². The highest BCUT2D eigenvalue weighted by Crippen LogP contribution is 2.28. The van der Waals surface area contributed by atoms with Gasteiger partial charge in [-0.05, 0) is 42.8 Å². The third kappa shape index (κ3) is 4.45. The molecule has 160 valence electrons. The third-order valence-electron chi connectivity index (χ3n) is 4.91. The average molecular weight is 433 g/mol. The van der Waals surface area contributed by atoms with Crippen molar-refractivity contribution in [3.8, 4) is 5.75 Å². The summed E-state index contributed by atoms with van der Waals surface area (Å²) < 4.78 is 32.9. The van der Waals surface area contributed by atoms with Crippen LogP contribution in [0, 0.1) is 0 Å². The molecule has 9 nitrogen and oxygen atoms in total. The summed E-state index contributed by atoms with van der Waals surface area (Å²) in [5, 5.41) is 8.99. The molecule has 0 spiro atoms. The Kier molecular flexibility index (Phi) is 6.70. The number of amides is 2. The van der Waals surface area contributed by atoms with E-state index in [0.29, 0.717) is 17.7 Å². The van der Waals surface area contributed by atoms with Crippen LogP contribution in [0.4, 0.5) is 0 Å². The highest BCUT2D eigenvalue weighted by molar-refractivity contribution is 7.89. The molecule has 0 radical (unpaired) electrons. The molecular weight excluding hydrogens is 410 g/mol. The van der Waals surface area contributed by atoms with Gasteiger partial charge in [0.1, 0.15) is 11.9 Å². The average Bonchev–Trinajstić information content (AvgIpc) is 2.79. The topological polar surface area (TPSA) is 116 Å². The van der Waals surface area contributed by atoms with Crippen LogP contribution < -0.4 is 10.2 Å². The van der Waals surface area contributed by atoms with Crippen molar-refractivity contribution < 1.29 is 28.0 Å². The molecule has 10 heteroatoms. The van der Waals surface area contributed by atoms with Crippen LogP contribution in [0.25, 0.3) is 0 Å². The molecule has 30 heavy (non-hydrogen) atoms. The van der Waals surface area contributed by atoms with Gasteiger partial charge in [0.05, 0.1) is 18.4 Å². The first-order valence-corrected chi connectivity index (χ1v) is 10.8. The van der Waals surface area contributed by atoms with Crippen LogP contribution in [0.1, 0.15) is 23.2 Å². The smallest absolute Gasteiger partial charge is 0.255 e. The third-order valence-corrected chi connectivity index (χ3v) is 6.82. The molecule has 1 aliphatic rings. The highest BCUT2D eigenvalue weighted by atomic mass is 32.2. The van der Waals surface area contributed by atoms with E-state index in [-0.39, 0.29) is 23.9 Å². The SMILES string of the molecule is COc1ccc(S(=O)(=O)N2CCCN(C(=O)c3ccccc3)C2CC(=O)NO)cc1. The maximum Gasteiger partial charge on any atom is 0.255 e. The largest absolute Gasteiger partial charge is 0.497 e. The van der Waals surface area contributed by atoms with Crippen molar-refractivity contribution in [1.29, 1.82) is 0 Å². The molecule has 1 aliphatic heterocycles. The van der Waals surface area contributed by atoms with E-state index >= 15 is 0 Å². The molecule has 2 aromatic rings. The molecule has 2 aromatic carbocycles. The number of ether oxygens (including phenoxy) is 1. The van der Waals surface area contributed by atoms with Gasteiger partial charge in [-0.3, -0.25) is 14.8 Å². The van der Waals surface area contributed by atoms with Gasteiger partial charge in [-0.25, -0.2) is 13.9 Å². The molecular formula is C20H23N3O6S. The fourth-order valence-electron chi connectivity index (χ4n) is 3.42. The summed E-state index contributed by atoms with van der Waals surface area (Å²) in [6.07, 6.45) is -1.07. The van der Waals surface area contributed by atoms with Gasteiger partial charge in [0.2, 0.25) is 15.9 Å². The maximum absolute atomic E-state index is 13.3. The van der Waals surface area contributed by atoms with Gasteiger partial charge in [0.25, 0.3) is 5.91 Å². The van der Waals surface area contributed by atoms with E-state index < -0.39 is 28.5 Å².